The molecule has 0 aliphatic carbocycles. The van der Waals surface area contributed by atoms with Gasteiger partial charge in [0, 0.05) is 17.7 Å². The van der Waals surface area contributed by atoms with Crippen LogP contribution in [-0.4, -0.2) is 36.9 Å². The lowest BCUT2D eigenvalue weighted by molar-refractivity contribution is 0.0636. The number of halogens is 2. The number of carbonyl (C=O) groups excluding carboxylic acids is 1. The molecule has 0 fully saturated rings. The third-order valence-corrected chi connectivity index (χ3v) is 4.53. The molecular weight excluding hydrogens is 446 g/mol. The number of aromatic nitrogens is 5. The molecule has 0 radical (unpaired) electrons. The predicted octanol–water partition coefficient (Wildman–Crippen LogP) is 5.19. The fourth-order valence-corrected chi connectivity index (χ4v) is 3.04. The standard InChI is InChI=1S/C23H22F2N6O3/c1-23(2,3)34-22(32)26-16-8-10-18(11-9-16)31-13-17(27-30-31)12-14-4-6-15(7-5-14)20-28-29-21(33-20)19(24)25/h4-11,13,19H,12H2,1-3H3,(H,26,32). The van der Waals surface area contributed by atoms with Gasteiger partial charge in [-0.2, -0.15) is 8.78 Å². The minimum absolute atomic E-state index is 0.0393. The van der Waals surface area contributed by atoms with Crippen molar-refractivity contribution in [3.05, 3.63) is 71.9 Å². The van der Waals surface area contributed by atoms with Crippen LogP contribution in [0.15, 0.2) is 59.1 Å². The molecule has 0 aliphatic rings. The van der Waals surface area contributed by atoms with Crippen molar-refractivity contribution in [2.75, 3.05) is 5.32 Å². The Balaban J connectivity index is 1.38. The number of rotatable bonds is 6. The van der Waals surface area contributed by atoms with Crippen LogP contribution in [0.3, 0.4) is 0 Å². The molecule has 0 aliphatic heterocycles. The molecular formula is C23H22F2N6O3. The van der Waals surface area contributed by atoms with Gasteiger partial charge < -0.3 is 9.15 Å². The molecule has 2 aromatic heterocycles. The summed E-state index contributed by atoms with van der Waals surface area (Å²) < 4.78 is 37.1. The Morgan fingerprint density at radius 1 is 1.06 bits per heavy atom. The maximum absolute atomic E-state index is 12.6. The van der Waals surface area contributed by atoms with Gasteiger partial charge in [-0.3, -0.25) is 5.32 Å². The molecule has 4 rings (SSSR count). The molecule has 0 unspecified atom stereocenters. The SMILES string of the molecule is CC(C)(C)OC(=O)Nc1ccc(-n2cc(Cc3ccc(-c4nnc(C(F)F)o4)cc3)nn2)cc1. The van der Waals surface area contributed by atoms with Gasteiger partial charge in [0.1, 0.15) is 5.60 Å². The van der Waals surface area contributed by atoms with Crippen molar-refractivity contribution in [2.45, 2.75) is 39.2 Å². The fraction of sp³-hybridized carbons (Fsp3) is 0.261. The Morgan fingerprint density at radius 2 is 1.76 bits per heavy atom. The molecule has 2 heterocycles. The third kappa shape index (κ3) is 5.80. The van der Waals surface area contributed by atoms with E-state index in [9.17, 15) is 13.6 Å². The van der Waals surface area contributed by atoms with Crippen LogP contribution in [0.4, 0.5) is 19.3 Å². The highest BCUT2D eigenvalue weighted by Crippen LogP contribution is 2.24. The molecule has 2 aromatic carbocycles. The average molecular weight is 468 g/mol. The van der Waals surface area contributed by atoms with E-state index in [1.54, 1.807) is 68.0 Å². The van der Waals surface area contributed by atoms with Crippen molar-refractivity contribution < 1.29 is 22.7 Å². The molecule has 11 heteroatoms. The quantitative estimate of drug-likeness (QED) is 0.415. The number of hydrogen-bond acceptors (Lipinski definition) is 7. The summed E-state index contributed by atoms with van der Waals surface area (Å²) in [5.41, 5.74) is 3.02. The van der Waals surface area contributed by atoms with E-state index in [0.717, 1.165) is 16.9 Å². The van der Waals surface area contributed by atoms with Crippen molar-refractivity contribution in [1.82, 2.24) is 25.2 Å². The summed E-state index contributed by atoms with van der Waals surface area (Å²) in [6.07, 6.45) is -1.01. The highest BCUT2D eigenvalue weighted by atomic mass is 19.3. The van der Waals surface area contributed by atoms with E-state index < -0.39 is 24.0 Å². The van der Waals surface area contributed by atoms with Crippen molar-refractivity contribution in [3.8, 4) is 17.1 Å². The van der Waals surface area contributed by atoms with Crippen LogP contribution in [0, 0.1) is 0 Å². The van der Waals surface area contributed by atoms with Gasteiger partial charge in [-0.25, -0.2) is 9.48 Å². The van der Waals surface area contributed by atoms with Gasteiger partial charge >= 0.3 is 12.5 Å². The van der Waals surface area contributed by atoms with E-state index in [2.05, 4.69) is 25.8 Å². The molecule has 34 heavy (non-hydrogen) atoms. The van der Waals surface area contributed by atoms with Gasteiger partial charge in [0.2, 0.25) is 5.89 Å². The fourth-order valence-electron chi connectivity index (χ4n) is 3.04. The highest BCUT2D eigenvalue weighted by molar-refractivity contribution is 5.84. The Labute approximate surface area is 193 Å². The van der Waals surface area contributed by atoms with E-state index in [1.165, 1.54) is 0 Å². The molecule has 0 saturated heterocycles. The molecule has 4 aromatic rings. The third-order valence-electron chi connectivity index (χ3n) is 4.53. The number of nitrogens with zero attached hydrogens (tertiary/aromatic N) is 5. The first-order valence-electron chi connectivity index (χ1n) is 10.4. The van der Waals surface area contributed by atoms with Crippen molar-refractivity contribution in [2.24, 2.45) is 0 Å². The normalized spacial score (nSPS) is 11.6. The van der Waals surface area contributed by atoms with Gasteiger partial charge in [0.15, 0.2) is 0 Å². The van der Waals surface area contributed by atoms with Gasteiger partial charge in [-0.05, 0) is 62.7 Å². The lowest BCUT2D eigenvalue weighted by Crippen LogP contribution is -2.27. The number of amides is 1. The number of alkyl halides is 2. The Kier molecular flexibility index (Phi) is 6.35. The zero-order valence-corrected chi connectivity index (χ0v) is 18.7. The zero-order chi connectivity index (χ0) is 24.3. The highest BCUT2D eigenvalue weighted by Gasteiger charge is 2.17. The molecule has 1 N–H and O–H groups in total. The number of nitrogens with one attached hydrogen (secondary N) is 1. The van der Waals surface area contributed by atoms with E-state index in [-0.39, 0.29) is 5.89 Å². The van der Waals surface area contributed by atoms with Crippen LogP contribution in [0.5, 0.6) is 0 Å². The van der Waals surface area contributed by atoms with Gasteiger partial charge in [0.05, 0.1) is 17.6 Å². The molecule has 176 valence electrons. The predicted molar refractivity (Wildman–Crippen MR) is 119 cm³/mol. The second kappa shape index (κ2) is 9.38. The van der Waals surface area contributed by atoms with Crippen LogP contribution >= 0.6 is 0 Å². The Hall–Kier alpha value is -4.15. The summed E-state index contributed by atoms with van der Waals surface area (Å²) in [7, 11) is 0. The van der Waals surface area contributed by atoms with Crippen molar-refractivity contribution in [3.63, 3.8) is 0 Å². The molecule has 0 bridgehead atoms. The van der Waals surface area contributed by atoms with Crippen LogP contribution in [0.2, 0.25) is 0 Å². The largest absolute Gasteiger partial charge is 0.444 e. The molecule has 1 amide bonds. The number of hydrogen-bond donors (Lipinski definition) is 1. The topological polar surface area (TPSA) is 108 Å². The summed E-state index contributed by atoms with van der Waals surface area (Å²) in [6.45, 7) is 5.39. The molecule has 0 saturated carbocycles. The van der Waals surface area contributed by atoms with Gasteiger partial charge in [-0.15, -0.1) is 15.3 Å². The van der Waals surface area contributed by atoms with Gasteiger partial charge in [-0.1, -0.05) is 17.3 Å². The lowest BCUT2D eigenvalue weighted by Gasteiger charge is -2.19. The van der Waals surface area contributed by atoms with E-state index in [1.807, 2.05) is 12.1 Å². The molecule has 0 spiro atoms. The first kappa shape index (κ1) is 23.0. The van der Waals surface area contributed by atoms with E-state index in [4.69, 9.17) is 9.15 Å². The number of ether oxygens (including phenoxy) is 1. The monoisotopic (exact) mass is 468 g/mol. The number of anilines is 1. The second-order valence-corrected chi connectivity index (χ2v) is 8.45. The van der Waals surface area contributed by atoms with Crippen molar-refractivity contribution >= 4 is 11.8 Å². The van der Waals surface area contributed by atoms with Gasteiger partial charge in [0.25, 0.3) is 5.89 Å². The van der Waals surface area contributed by atoms with Crippen LogP contribution in [-0.2, 0) is 11.2 Å². The van der Waals surface area contributed by atoms with Crippen LogP contribution < -0.4 is 5.32 Å². The average Bonchev–Trinajstić information content (AvgIpc) is 3.44. The summed E-state index contributed by atoms with van der Waals surface area (Å²) in [4.78, 5) is 11.9. The Bertz CT molecular complexity index is 1260. The van der Waals surface area contributed by atoms with Crippen LogP contribution in [0.1, 0.15) is 44.3 Å². The number of carbonyl (C=O) groups is 1. The lowest BCUT2D eigenvalue weighted by atomic mass is 10.1. The van der Waals surface area contributed by atoms with E-state index >= 15 is 0 Å². The maximum atomic E-state index is 12.6. The maximum Gasteiger partial charge on any atom is 0.412 e. The summed E-state index contributed by atoms with van der Waals surface area (Å²) in [6, 6.07) is 14.2. The molecule has 0 atom stereocenters. The summed E-state index contributed by atoms with van der Waals surface area (Å²) >= 11 is 0. The minimum Gasteiger partial charge on any atom is -0.444 e. The Morgan fingerprint density at radius 3 is 2.38 bits per heavy atom. The molecule has 9 nitrogen and oxygen atoms in total. The zero-order valence-electron chi connectivity index (χ0n) is 18.7. The number of benzene rings is 2. The second-order valence-electron chi connectivity index (χ2n) is 8.45. The minimum atomic E-state index is -2.81. The first-order chi connectivity index (χ1) is 16.2. The first-order valence-corrected chi connectivity index (χ1v) is 10.4. The van der Waals surface area contributed by atoms with Crippen LogP contribution in [0.25, 0.3) is 17.1 Å². The smallest absolute Gasteiger partial charge is 0.412 e. The summed E-state index contributed by atoms with van der Waals surface area (Å²) in [5.74, 6) is -0.665. The van der Waals surface area contributed by atoms with Crippen molar-refractivity contribution in [1.29, 1.82) is 0 Å². The van der Waals surface area contributed by atoms with E-state index in [0.29, 0.717) is 17.7 Å². The summed E-state index contributed by atoms with van der Waals surface area (Å²) in [5, 5.41) is 18.0.